The highest BCUT2D eigenvalue weighted by atomic mass is 32.2. The Balaban J connectivity index is 1.09. The highest BCUT2D eigenvalue weighted by molar-refractivity contribution is 7.99. The van der Waals surface area contributed by atoms with Gasteiger partial charge in [0.1, 0.15) is 11.6 Å². The summed E-state index contributed by atoms with van der Waals surface area (Å²) in [5.74, 6) is 1.71. The molecule has 3 fully saturated rings. The fraction of sp³-hybridized carbons (Fsp3) is 0.667. The largest absolute Gasteiger partial charge is 0.416 e. The van der Waals surface area contributed by atoms with E-state index >= 15 is 0 Å². The fourth-order valence-corrected chi connectivity index (χ4v) is 6.46. The molecule has 2 aromatic rings. The van der Waals surface area contributed by atoms with E-state index in [2.05, 4.69) is 19.7 Å². The maximum Gasteiger partial charge on any atom is 0.416 e. The van der Waals surface area contributed by atoms with E-state index in [0.717, 1.165) is 87.8 Å². The number of hydrogen-bond acceptors (Lipinski definition) is 5. The van der Waals surface area contributed by atoms with Crippen LogP contribution in [-0.2, 0) is 18.0 Å². The first-order chi connectivity index (χ1) is 16.3. The average molecular weight is 499 g/mol. The molecule has 2 saturated heterocycles. The van der Waals surface area contributed by atoms with Crippen molar-refractivity contribution in [2.75, 3.05) is 38.6 Å². The number of nitrogens with zero attached hydrogens (tertiary/aromatic N) is 4. The van der Waals surface area contributed by atoms with Crippen LogP contribution in [0.25, 0.3) is 0 Å². The summed E-state index contributed by atoms with van der Waals surface area (Å²) in [4.78, 5) is 2.41. The Morgan fingerprint density at radius 3 is 2.74 bits per heavy atom. The maximum atomic E-state index is 14.4. The Morgan fingerprint density at radius 1 is 1.21 bits per heavy atom. The molecular formula is C24H30F4N4OS. The first-order valence-corrected chi connectivity index (χ1v) is 12.9. The number of thioether (sulfide) groups is 1. The van der Waals surface area contributed by atoms with Gasteiger partial charge in [-0.25, -0.2) is 4.39 Å². The summed E-state index contributed by atoms with van der Waals surface area (Å²) >= 11 is 1.72. The van der Waals surface area contributed by atoms with Crippen LogP contribution in [0.1, 0.15) is 60.9 Å². The predicted molar refractivity (Wildman–Crippen MR) is 121 cm³/mol. The van der Waals surface area contributed by atoms with Crippen LogP contribution in [-0.4, -0.2) is 58.3 Å². The van der Waals surface area contributed by atoms with Crippen molar-refractivity contribution in [1.82, 2.24) is 19.7 Å². The van der Waals surface area contributed by atoms with Crippen LogP contribution in [0, 0.1) is 11.2 Å². The number of ether oxygens (including phenoxy) is 1. The summed E-state index contributed by atoms with van der Waals surface area (Å²) in [5.41, 5.74) is -0.458. The Bertz CT molecular complexity index is 1020. The zero-order valence-electron chi connectivity index (χ0n) is 19.3. The van der Waals surface area contributed by atoms with Gasteiger partial charge in [0, 0.05) is 38.5 Å². The summed E-state index contributed by atoms with van der Waals surface area (Å²) in [6.07, 6.45) is 0.312. The van der Waals surface area contributed by atoms with Crippen LogP contribution in [0.5, 0.6) is 0 Å². The summed E-state index contributed by atoms with van der Waals surface area (Å²) in [6.45, 7) is 4.37. The number of halogens is 4. The molecule has 2 atom stereocenters. The van der Waals surface area contributed by atoms with Gasteiger partial charge in [0.25, 0.3) is 0 Å². The number of benzene rings is 1. The predicted octanol–water partition coefficient (Wildman–Crippen LogP) is 5.23. The molecule has 0 N–H and O–H groups in total. The topological polar surface area (TPSA) is 43.2 Å². The molecule has 1 saturated carbocycles. The molecule has 2 aliphatic heterocycles. The van der Waals surface area contributed by atoms with Crippen LogP contribution >= 0.6 is 11.8 Å². The molecule has 1 spiro atoms. The molecule has 5 rings (SSSR count). The molecule has 1 aromatic heterocycles. The third-order valence-corrected chi connectivity index (χ3v) is 8.77. The summed E-state index contributed by atoms with van der Waals surface area (Å²) < 4.78 is 60.5. The van der Waals surface area contributed by atoms with Crippen molar-refractivity contribution >= 4 is 11.8 Å². The number of rotatable bonds is 7. The molecule has 1 aliphatic carbocycles. The SMILES string of the molecule is Cn1c(SCCCN2CC[C@]3(C[C@H]3c3ccc(C(F)(F)F)cc3F)C2)nnc1C1CCOCC1. The van der Waals surface area contributed by atoms with E-state index in [1.54, 1.807) is 11.8 Å². The molecule has 1 aromatic carbocycles. The first kappa shape index (κ1) is 24.1. The Hall–Kier alpha value is -1.65. The van der Waals surface area contributed by atoms with Gasteiger partial charge in [0.15, 0.2) is 5.16 Å². The van der Waals surface area contributed by atoms with Gasteiger partial charge in [0.2, 0.25) is 0 Å². The highest BCUT2D eigenvalue weighted by Crippen LogP contribution is 2.64. The number of hydrogen-bond donors (Lipinski definition) is 0. The number of alkyl halides is 3. The normalized spacial score (nSPS) is 26.0. The maximum absolute atomic E-state index is 14.4. The van der Waals surface area contributed by atoms with Gasteiger partial charge in [0.05, 0.1) is 5.56 Å². The minimum Gasteiger partial charge on any atom is -0.381 e. The van der Waals surface area contributed by atoms with Crippen molar-refractivity contribution < 1.29 is 22.3 Å². The third-order valence-electron chi connectivity index (χ3n) is 7.66. The molecule has 5 nitrogen and oxygen atoms in total. The molecule has 3 heterocycles. The van der Waals surface area contributed by atoms with E-state index in [0.29, 0.717) is 17.5 Å². The van der Waals surface area contributed by atoms with Gasteiger partial charge < -0.3 is 14.2 Å². The molecule has 186 valence electrons. The van der Waals surface area contributed by atoms with E-state index < -0.39 is 17.6 Å². The van der Waals surface area contributed by atoms with E-state index in [9.17, 15) is 17.6 Å². The lowest BCUT2D eigenvalue weighted by molar-refractivity contribution is -0.137. The van der Waals surface area contributed by atoms with E-state index in [4.69, 9.17) is 4.74 Å². The van der Waals surface area contributed by atoms with Crippen molar-refractivity contribution in [2.45, 2.75) is 55.3 Å². The molecule has 34 heavy (non-hydrogen) atoms. The van der Waals surface area contributed by atoms with Gasteiger partial charge in [-0.3, -0.25) is 0 Å². The lowest BCUT2D eigenvalue weighted by Crippen LogP contribution is -2.23. The minimum atomic E-state index is -4.51. The molecule has 10 heteroatoms. The van der Waals surface area contributed by atoms with Crippen molar-refractivity contribution in [3.8, 4) is 0 Å². The van der Waals surface area contributed by atoms with Crippen LogP contribution < -0.4 is 0 Å². The van der Waals surface area contributed by atoms with Gasteiger partial charge in [-0.15, -0.1) is 10.2 Å². The second-order valence-corrected chi connectivity index (χ2v) is 10.9. The van der Waals surface area contributed by atoms with Crippen molar-refractivity contribution in [2.24, 2.45) is 12.5 Å². The van der Waals surface area contributed by atoms with E-state index in [1.807, 2.05) is 7.05 Å². The second kappa shape index (κ2) is 9.43. The number of aromatic nitrogens is 3. The van der Waals surface area contributed by atoms with Crippen molar-refractivity contribution in [1.29, 1.82) is 0 Å². The smallest absolute Gasteiger partial charge is 0.381 e. The monoisotopic (exact) mass is 498 g/mol. The first-order valence-electron chi connectivity index (χ1n) is 12.0. The van der Waals surface area contributed by atoms with Gasteiger partial charge in [-0.1, -0.05) is 17.8 Å². The zero-order valence-corrected chi connectivity index (χ0v) is 20.1. The average Bonchev–Trinajstić information content (AvgIpc) is 3.14. The second-order valence-electron chi connectivity index (χ2n) is 9.87. The Labute approximate surface area is 201 Å². The molecule has 3 aliphatic rings. The quantitative estimate of drug-likeness (QED) is 0.297. The van der Waals surface area contributed by atoms with Gasteiger partial charge in [-0.05, 0) is 74.2 Å². The molecule has 0 amide bonds. The summed E-state index contributed by atoms with van der Waals surface area (Å²) in [6, 6.07) is 2.99. The lowest BCUT2D eigenvalue weighted by Gasteiger charge is -2.21. The summed E-state index contributed by atoms with van der Waals surface area (Å²) in [5, 5.41) is 9.74. The van der Waals surface area contributed by atoms with Crippen LogP contribution in [0.4, 0.5) is 17.6 Å². The van der Waals surface area contributed by atoms with E-state index in [1.165, 1.54) is 6.07 Å². The molecule has 0 radical (unpaired) electrons. The lowest BCUT2D eigenvalue weighted by atomic mass is 9.97. The molecule has 0 unspecified atom stereocenters. The third kappa shape index (κ3) is 4.86. The fourth-order valence-electron chi connectivity index (χ4n) is 5.61. The van der Waals surface area contributed by atoms with Crippen LogP contribution in [0.3, 0.4) is 0 Å². The van der Waals surface area contributed by atoms with Gasteiger partial charge in [-0.2, -0.15) is 13.2 Å². The summed E-state index contributed by atoms with van der Waals surface area (Å²) in [7, 11) is 2.03. The Kier molecular flexibility index (Phi) is 6.67. The van der Waals surface area contributed by atoms with Crippen molar-refractivity contribution in [3.05, 3.63) is 41.0 Å². The zero-order chi connectivity index (χ0) is 23.9. The minimum absolute atomic E-state index is 0.0237. The number of likely N-dealkylation sites (tertiary alicyclic amines) is 1. The Morgan fingerprint density at radius 2 is 2.00 bits per heavy atom. The molecule has 0 bridgehead atoms. The van der Waals surface area contributed by atoms with Crippen molar-refractivity contribution in [3.63, 3.8) is 0 Å². The van der Waals surface area contributed by atoms with Crippen LogP contribution in [0.15, 0.2) is 23.4 Å². The van der Waals surface area contributed by atoms with Gasteiger partial charge >= 0.3 is 6.18 Å². The highest BCUT2D eigenvalue weighted by Gasteiger charge is 2.58. The standard InChI is InChI=1S/C24H30F4N4OS/c1-31-21(16-5-10-33-11-6-16)29-30-22(31)34-12-2-8-32-9-7-23(15-32)14-19(23)18-4-3-17(13-20(18)25)24(26,27)28/h3-4,13,16,19H,2,5-12,14-15H2,1H3/t19-,23-/m0/s1. The van der Waals surface area contributed by atoms with E-state index in [-0.39, 0.29) is 11.3 Å². The van der Waals surface area contributed by atoms with Crippen LogP contribution in [0.2, 0.25) is 0 Å². The molecular weight excluding hydrogens is 468 g/mol.